The number of hydrogen-bond acceptors (Lipinski definition) is 7. The molecule has 0 radical (unpaired) electrons. The molecule has 40 heavy (non-hydrogen) atoms. The number of nitrogens with zero attached hydrogens (tertiary/aromatic N) is 2. The number of fused-ring (bicyclic) bond motifs is 1. The third kappa shape index (κ3) is 5.75. The van der Waals surface area contributed by atoms with E-state index in [-0.39, 0.29) is 25.5 Å². The number of carbonyl (C=O) groups excluding carboxylic acids is 3. The fraction of sp³-hybridized carbons (Fsp3) is 0.533. The van der Waals surface area contributed by atoms with Gasteiger partial charge in [-0.2, -0.15) is 0 Å². The number of nitrogens with one attached hydrogen (secondary N) is 1. The van der Waals surface area contributed by atoms with Crippen LogP contribution in [-0.4, -0.2) is 64.3 Å². The van der Waals surface area contributed by atoms with Crippen LogP contribution in [0.15, 0.2) is 36.9 Å². The normalized spacial score (nSPS) is 25.8. The molecule has 1 N–H and O–H groups in total. The van der Waals surface area contributed by atoms with E-state index in [0.717, 1.165) is 29.4 Å². The van der Waals surface area contributed by atoms with Crippen molar-refractivity contribution in [2.75, 3.05) is 13.2 Å². The topological polar surface area (TPSA) is 107 Å². The number of benzene rings is 1. The number of carbonyl (C=O) groups is 3. The highest BCUT2D eigenvalue weighted by molar-refractivity contribution is 6.31. The van der Waals surface area contributed by atoms with Gasteiger partial charge >= 0.3 is 12.1 Å². The molecule has 1 aromatic heterocycles. The van der Waals surface area contributed by atoms with E-state index in [0.29, 0.717) is 23.1 Å². The van der Waals surface area contributed by atoms with Crippen molar-refractivity contribution < 1.29 is 28.6 Å². The molecule has 0 bridgehead atoms. The van der Waals surface area contributed by atoms with Gasteiger partial charge in [0, 0.05) is 40.4 Å². The summed E-state index contributed by atoms with van der Waals surface area (Å²) in [4.78, 5) is 45.9. The Balaban J connectivity index is 1.41. The average molecular weight is 570 g/mol. The van der Waals surface area contributed by atoms with E-state index < -0.39 is 41.3 Å². The standard InChI is InChI=1S/C30H36ClN3O6/c1-6-18-15-30(18,27(36)38-7-2)33-26(35)24-13-20(16-34(24)28(37)40-29(3,4)5)39-25-14-22(17-8-9-17)32-23-12-19(31)10-11-21(23)25/h6,10-12,14,17-18,20,24H,1,7-9,13,15-16H2,2-5H3,(H,33,35)/t18-,20-,24+,30-/m1/s1. The molecule has 2 amide bonds. The van der Waals surface area contributed by atoms with Crippen molar-refractivity contribution in [1.82, 2.24) is 15.2 Å². The number of ether oxygens (including phenoxy) is 3. The van der Waals surface area contributed by atoms with Crippen LogP contribution in [0, 0.1) is 5.92 Å². The minimum atomic E-state index is -1.17. The molecule has 0 unspecified atom stereocenters. The van der Waals surface area contributed by atoms with Gasteiger partial charge in [-0.1, -0.05) is 17.7 Å². The van der Waals surface area contributed by atoms with E-state index in [9.17, 15) is 14.4 Å². The van der Waals surface area contributed by atoms with Gasteiger partial charge < -0.3 is 19.5 Å². The summed E-state index contributed by atoms with van der Waals surface area (Å²) in [5.74, 6) is -0.177. The summed E-state index contributed by atoms with van der Waals surface area (Å²) in [5, 5.41) is 4.27. The third-order valence-electron chi connectivity index (χ3n) is 7.52. The van der Waals surface area contributed by atoms with Crippen LogP contribution in [0.5, 0.6) is 5.75 Å². The van der Waals surface area contributed by atoms with E-state index in [4.69, 9.17) is 30.8 Å². The predicted octanol–water partition coefficient (Wildman–Crippen LogP) is 5.15. The molecule has 2 saturated carbocycles. The first kappa shape index (κ1) is 28.2. The maximum Gasteiger partial charge on any atom is 0.411 e. The maximum atomic E-state index is 13.7. The van der Waals surface area contributed by atoms with Crippen LogP contribution in [0.2, 0.25) is 5.02 Å². The van der Waals surface area contributed by atoms with E-state index in [1.54, 1.807) is 39.8 Å². The summed E-state index contributed by atoms with van der Waals surface area (Å²) in [6, 6.07) is 6.52. The van der Waals surface area contributed by atoms with Crippen LogP contribution in [0.25, 0.3) is 10.9 Å². The minimum absolute atomic E-state index is 0.139. The van der Waals surface area contributed by atoms with Gasteiger partial charge in [-0.3, -0.25) is 14.7 Å². The zero-order valence-corrected chi connectivity index (χ0v) is 24.1. The molecule has 3 fully saturated rings. The zero-order valence-electron chi connectivity index (χ0n) is 23.4. The van der Waals surface area contributed by atoms with Crippen LogP contribution in [0.4, 0.5) is 4.79 Å². The lowest BCUT2D eigenvalue weighted by molar-refractivity contribution is -0.149. The van der Waals surface area contributed by atoms with E-state index in [1.165, 1.54) is 4.90 Å². The Morgan fingerprint density at radius 3 is 2.62 bits per heavy atom. The molecule has 4 atom stereocenters. The van der Waals surface area contributed by atoms with Gasteiger partial charge in [-0.15, -0.1) is 6.58 Å². The van der Waals surface area contributed by atoms with Crippen molar-refractivity contribution in [3.05, 3.63) is 47.6 Å². The minimum Gasteiger partial charge on any atom is -0.488 e. The number of rotatable bonds is 8. The van der Waals surface area contributed by atoms with E-state index in [2.05, 4.69) is 11.9 Å². The molecule has 10 heteroatoms. The SMILES string of the molecule is C=C[C@@H]1C[C@]1(NC(=O)[C@@H]1C[C@@H](Oc2cc(C3CC3)nc3cc(Cl)ccc23)CN1C(=O)OC(C)(C)C)C(=O)OCC. The number of likely N-dealkylation sites (tertiary alicyclic amines) is 1. The number of halogens is 1. The molecular weight excluding hydrogens is 534 g/mol. The average Bonchev–Trinajstić information content (AvgIpc) is 3.80. The second-order valence-electron chi connectivity index (χ2n) is 11.8. The lowest BCUT2D eigenvalue weighted by atomic mass is 10.1. The third-order valence-corrected chi connectivity index (χ3v) is 7.76. The largest absolute Gasteiger partial charge is 0.488 e. The highest BCUT2D eigenvalue weighted by Gasteiger charge is 2.62. The quantitative estimate of drug-likeness (QED) is 0.346. The van der Waals surface area contributed by atoms with Gasteiger partial charge in [-0.25, -0.2) is 9.59 Å². The number of hydrogen-bond donors (Lipinski definition) is 1. The summed E-state index contributed by atoms with van der Waals surface area (Å²) < 4.78 is 17.4. The van der Waals surface area contributed by atoms with Crippen LogP contribution in [-0.2, 0) is 19.1 Å². The second kappa shape index (κ2) is 10.6. The van der Waals surface area contributed by atoms with Gasteiger partial charge in [0.25, 0.3) is 0 Å². The highest BCUT2D eigenvalue weighted by Crippen LogP contribution is 2.46. The summed E-state index contributed by atoms with van der Waals surface area (Å²) in [7, 11) is 0. The molecule has 1 aliphatic heterocycles. The number of amides is 2. The van der Waals surface area contributed by atoms with Crippen molar-refractivity contribution in [3.63, 3.8) is 0 Å². The fourth-order valence-corrected chi connectivity index (χ4v) is 5.44. The van der Waals surface area contributed by atoms with Crippen LogP contribution >= 0.6 is 11.6 Å². The molecule has 9 nitrogen and oxygen atoms in total. The summed E-state index contributed by atoms with van der Waals surface area (Å²) in [5.41, 5.74) is -0.245. The van der Waals surface area contributed by atoms with E-state index >= 15 is 0 Å². The van der Waals surface area contributed by atoms with Crippen molar-refractivity contribution in [1.29, 1.82) is 0 Å². The Morgan fingerprint density at radius 2 is 2.00 bits per heavy atom. The zero-order chi connectivity index (χ0) is 28.8. The van der Waals surface area contributed by atoms with Gasteiger partial charge in [0.15, 0.2) is 0 Å². The van der Waals surface area contributed by atoms with Crippen molar-refractivity contribution in [2.45, 2.75) is 82.6 Å². The Bertz CT molecular complexity index is 1350. The number of pyridine rings is 1. The van der Waals surface area contributed by atoms with Gasteiger partial charge in [0.1, 0.15) is 29.0 Å². The Labute approximate surface area is 239 Å². The molecule has 2 aliphatic carbocycles. The second-order valence-corrected chi connectivity index (χ2v) is 12.3. The Kier molecular flexibility index (Phi) is 7.46. The number of aromatic nitrogens is 1. The van der Waals surface area contributed by atoms with Crippen molar-refractivity contribution in [3.8, 4) is 5.75 Å². The Morgan fingerprint density at radius 1 is 1.25 bits per heavy atom. The van der Waals surface area contributed by atoms with Gasteiger partial charge in [0.05, 0.1) is 18.7 Å². The molecule has 0 spiro atoms. The summed E-state index contributed by atoms with van der Waals surface area (Å²) in [6.45, 7) is 11.1. The molecule has 1 saturated heterocycles. The monoisotopic (exact) mass is 569 g/mol. The molecule has 3 aliphatic rings. The Hall–Kier alpha value is -3.33. The van der Waals surface area contributed by atoms with Gasteiger partial charge in [-0.05, 0) is 65.2 Å². The molecule has 2 heterocycles. The smallest absolute Gasteiger partial charge is 0.411 e. The van der Waals surface area contributed by atoms with Crippen LogP contribution in [0.3, 0.4) is 0 Å². The molecular formula is C30H36ClN3O6. The molecule has 1 aromatic carbocycles. The highest BCUT2D eigenvalue weighted by atomic mass is 35.5. The van der Waals surface area contributed by atoms with Crippen LogP contribution in [0.1, 0.15) is 65.0 Å². The lowest BCUT2D eigenvalue weighted by Gasteiger charge is -2.28. The van der Waals surface area contributed by atoms with Gasteiger partial charge in [0.2, 0.25) is 5.91 Å². The first-order valence-corrected chi connectivity index (χ1v) is 14.2. The molecule has 2 aromatic rings. The fourth-order valence-electron chi connectivity index (χ4n) is 5.27. The summed E-state index contributed by atoms with van der Waals surface area (Å²) >= 11 is 6.25. The van der Waals surface area contributed by atoms with Crippen LogP contribution < -0.4 is 10.1 Å². The summed E-state index contributed by atoms with van der Waals surface area (Å²) in [6.07, 6.45) is 3.29. The predicted molar refractivity (Wildman–Crippen MR) is 150 cm³/mol. The molecule has 5 rings (SSSR count). The lowest BCUT2D eigenvalue weighted by Crippen LogP contribution is -2.53. The maximum absolute atomic E-state index is 13.7. The van der Waals surface area contributed by atoms with Crippen molar-refractivity contribution in [2.24, 2.45) is 5.92 Å². The first-order valence-electron chi connectivity index (χ1n) is 13.8. The van der Waals surface area contributed by atoms with E-state index in [1.807, 2.05) is 18.2 Å². The number of esters is 1. The molecule has 214 valence electrons. The first-order chi connectivity index (χ1) is 18.9. The van der Waals surface area contributed by atoms with Crippen molar-refractivity contribution >= 4 is 40.5 Å².